The number of carbonyl (C=O) groups is 3. The van der Waals surface area contributed by atoms with Gasteiger partial charge in [-0.2, -0.15) is 0 Å². The van der Waals surface area contributed by atoms with Gasteiger partial charge in [0.25, 0.3) is 0 Å². The van der Waals surface area contributed by atoms with Gasteiger partial charge in [0.05, 0.1) is 17.3 Å². The zero-order valence-electron chi connectivity index (χ0n) is 6.72. The van der Waals surface area contributed by atoms with Gasteiger partial charge in [-0.25, -0.2) is 0 Å². The normalized spacial score (nSPS) is 36.7. The molecule has 0 spiro atoms. The summed E-state index contributed by atoms with van der Waals surface area (Å²) in [4.78, 5) is 31.5. The third-order valence-corrected chi connectivity index (χ3v) is 2.51. The third-order valence-electron chi connectivity index (χ3n) is 2.51. The van der Waals surface area contributed by atoms with E-state index in [9.17, 15) is 14.4 Å². The van der Waals surface area contributed by atoms with Crippen LogP contribution in [0.2, 0.25) is 0 Å². The molecule has 0 aromatic rings. The molecule has 1 saturated carbocycles. The van der Waals surface area contributed by atoms with Gasteiger partial charge >= 0.3 is 17.9 Å². The number of aliphatic carboxylic acids is 3. The first kappa shape index (κ1) is 9.50. The van der Waals surface area contributed by atoms with Gasteiger partial charge in [0, 0.05) is 0 Å². The average Bonchev–Trinajstić information content (AvgIpc) is 2.58. The van der Waals surface area contributed by atoms with Crippen LogP contribution in [0.1, 0.15) is 6.92 Å². The monoisotopic (exact) mass is 188 g/mol. The third kappa shape index (κ3) is 1.06. The Morgan fingerprint density at radius 1 is 1.00 bits per heavy atom. The molecule has 6 nitrogen and oxygen atoms in total. The Balaban J connectivity index is 2.96. The van der Waals surface area contributed by atoms with Gasteiger partial charge in [-0.05, 0) is 6.92 Å². The topological polar surface area (TPSA) is 112 Å². The van der Waals surface area contributed by atoms with Crippen LogP contribution in [0.25, 0.3) is 0 Å². The fourth-order valence-corrected chi connectivity index (χ4v) is 1.58. The fourth-order valence-electron chi connectivity index (χ4n) is 1.58. The molecule has 0 radical (unpaired) electrons. The summed E-state index contributed by atoms with van der Waals surface area (Å²) < 4.78 is 0. The summed E-state index contributed by atoms with van der Waals surface area (Å²) in [6, 6.07) is 0. The zero-order chi connectivity index (χ0) is 10.4. The number of carboxylic acid groups (broad SMARTS) is 3. The summed E-state index contributed by atoms with van der Waals surface area (Å²) in [7, 11) is 0. The quantitative estimate of drug-likeness (QED) is 0.550. The van der Waals surface area contributed by atoms with Gasteiger partial charge in [-0.3, -0.25) is 14.4 Å². The van der Waals surface area contributed by atoms with E-state index in [2.05, 4.69) is 0 Å². The number of rotatable bonds is 3. The average molecular weight is 188 g/mol. The molecule has 1 aliphatic carbocycles. The van der Waals surface area contributed by atoms with Crippen LogP contribution in [-0.4, -0.2) is 33.2 Å². The molecule has 0 aromatic heterocycles. The van der Waals surface area contributed by atoms with Gasteiger partial charge in [0.15, 0.2) is 0 Å². The van der Waals surface area contributed by atoms with Crippen LogP contribution in [0.3, 0.4) is 0 Å². The van der Waals surface area contributed by atoms with Crippen LogP contribution in [0.15, 0.2) is 0 Å². The van der Waals surface area contributed by atoms with Crippen LogP contribution < -0.4 is 0 Å². The van der Waals surface area contributed by atoms with E-state index in [1.54, 1.807) is 0 Å². The van der Waals surface area contributed by atoms with Crippen LogP contribution in [0, 0.1) is 17.3 Å². The maximum Gasteiger partial charge on any atom is 0.311 e. The van der Waals surface area contributed by atoms with Gasteiger partial charge < -0.3 is 15.3 Å². The molecule has 0 bridgehead atoms. The predicted molar refractivity (Wildman–Crippen MR) is 38.0 cm³/mol. The first-order valence-electron chi connectivity index (χ1n) is 3.52. The summed E-state index contributed by atoms with van der Waals surface area (Å²) in [5, 5.41) is 25.7. The summed E-state index contributed by atoms with van der Waals surface area (Å²) >= 11 is 0. The largest absolute Gasteiger partial charge is 0.481 e. The van der Waals surface area contributed by atoms with Crippen molar-refractivity contribution in [2.24, 2.45) is 17.3 Å². The lowest BCUT2D eigenvalue weighted by molar-refractivity contribution is -0.149. The van der Waals surface area contributed by atoms with Gasteiger partial charge in [-0.1, -0.05) is 0 Å². The number of carboxylic acids is 3. The van der Waals surface area contributed by atoms with Gasteiger partial charge in [-0.15, -0.1) is 0 Å². The van der Waals surface area contributed by atoms with E-state index < -0.39 is 35.2 Å². The Morgan fingerprint density at radius 2 is 1.31 bits per heavy atom. The van der Waals surface area contributed by atoms with Crippen molar-refractivity contribution in [2.45, 2.75) is 6.92 Å². The summed E-state index contributed by atoms with van der Waals surface area (Å²) in [6.07, 6.45) is 0. The molecule has 0 amide bonds. The SMILES string of the molecule is CC1(C(=O)O)[C@H](C(=O)O)[C@H]1C(=O)O. The second kappa shape index (κ2) is 2.45. The lowest BCUT2D eigenvalue weighted by Crippen LogP contribution is -2.18. The minimum atomic E-state index is -1.66. The van der Waals surface area contributed by atoms with Crippen molar-refractivity contribution in [1.82, 2.24) is 0 Å². The minimum Gasteiger partial charge on any atom is -0.481 e. The van der Waals surface area contributed by atoms with E-state index >= 15 is 0 Å². The molecule has 1 aliphatic rings. The molecule has 0 unspecified atom stereocenters. The lowest BCUT2D eigenvalue weighted by atomic mass is 10.1. The molecule has 3 N–H and O–H groups in total. The molecule has 0 aliphatic heterocycles. The van der Waals surface area contributed by atoms with Crippen molar-refractivity contribution in [3.05, 3.63) is 0 Å². The Bertz CT molecular complexity index is 273. The summed E-state index contributed by atoms with van der Waals surface area (Å²) in [5.74, 6) is -6.77. The van der Waals surface area contributed by atoms with Crippen LogP contribution in [0.5, 0.6) is 0 Å². The van der Waals surface area contributed by atoms with E-state index in [1.807, 2.05) is 0 Å². The lowest BCUT2D eigenvalue weighted by Gasteiger charge is -2.00. The molecular formula is C7H8O6. The predicted octanol–water partition coefficient (Wildman–Crippen LogP) is -0.508. The molecule has 2 atom stereocenters. The van der Waals surface area contributed by atoms with Crippen molar-refractivity contribution in [2.75, 3.05) is 0 Å². The maximum atomic E-state index is 10.6. The highest BCUT2D eigenvalue weighted by Gasteiger charge is 2.74. The van der Waals surface area contributed by atoms with E-state index in [0.29, 0.717) is 0 Å². The van der Waals surface area contributed by atoms with E-state index in [-0.39, 0.29) is 0 Å². The molecule has 1 fully saturated rings. The van der Waals surface area contributed by atoms with Gasteiger partial charge in [0.2, 0.25) is 0 Å². The first-order chi connectivity index (χ1) is 5.83. The molecule has 13 heavy (non-hydrogen) atoms. The van der Waals surface area contributed by atoms with Crippen LogP contribution >= 0.6 is 0 Å². The summed E-state index contributed by atoms with van der Waals surface area (Å²) in [6.45, 7) is 1.13. The first-order valence-corrected chi connectivity index (χ1v) is 3.52. The van der Waals surface area contributed by atoms with Gasteiger partial charge in [0.1, 0.15) is 0 Å². The van der Waals surface area contributed by atoms with E-state index in [0.717, 1.165) is 6.92 Å². The number of hydrogen-bond acceptors (Lipinski definition) is 3. The van der Waals surface area contributed by atoms with Crippen LogP contribution in [-0.2, 0) is 14.4 Å². The maximum absolute atomic E-state index is 10.6. The Hall–Kier alpha value is -1.59. The molecule has 1 rings (SSSR count). The van der Waals surface area contributed by atoms with Crippen LogP contribution in [0.4, 0.5) is 0 Å². The summed E-state index contributed by atoms with van der Waals surface area (Å²) in [5.41, 5.74) is -1.66. The highest BCUT2D eigenvalue weighted by Crippen LogP contribution is 2.58. The second-order valence-electron chi connectivity index (χ2n) is 3.22. The molecule has 6 heteroatoms. The highest BCUT2D eigenvalue weighted by atomic mass is 16.4. The van der Waals surface area contributed by atoms with Crippen molar-refractivity contribution < 1.29 is 29.7 Å². The second-order valence-corrected chi connectivity index (χ2v) is 3.22. The molecule has 0 heterocycles. The van der Waals surface area contributed by atoms with Crippen molar-refractivity contribution in [3.63, 3.8) is 0 Å². The number of hydrogen-bond donors (Lipinski definition) is 3. The molecule has 0 saturated heterocycles. The van der Waals surface area contributed by atoms with Crippen molar-refractivity contribution in [3.8, 4) is 0 Å². The smallest absolute Gasteiger partial charge is 0.311 e. The Kier molecular flexibility index (Phi) is 1.79. The van der Waals surface area contributed by atoms with E-state index in [4.69, 9.17) is 15.3 Å². The van der Waals surface area contributed by atoms with E-state index in [1.165, 1.54) is 0 Å². The Labute approximate surface area is 72.8 Å². The fraction of sp³-hybridized carbons (Fsp3) is 0.571. The zero-order valence-corrected chi connectivity index (χ0v) is 6.72. The standard InChI is InChI=1S/C7H8O6/c1-7(6(12)13)2(4(8)9)3(7)5(10)11/h2-3H,1H3,(H,8,9)(H,10,11)(H,12,13)/t2-,3-/m0/s1. The van der Waals surface area contributed by atoms with Crippen molar-refractivity contribution >= 4 is 17.9 Å². The minimum absolute atomic E-state index is 1.13. The Morgan fingerprint density at radius 3 is 1.38 bits per heavy atom. The van der Waals surface area contributed by atoms with Crippen molar-refractivity contribution in [1.29, 1.82) is 0 Å². The molecule has 72 valence electrons. The highest BCUT2D eigenvalue weighted by molar-refractivity contribution is 5.98. The molecular weight excluding hydrogens is 180 g/mol. The molecule has 0 aromatic carbocycles.